The van der Waals surface area contributed by atoms with Gasteiger partial charge in [0.1, 0.15) is 0 Å². The van der Waals surface area contributed by atoms with E-state index < -0.39 is 0 Å². The Balaban J connectivity index is 3.90. The van der Waals surface area contributed by atoms with Gasteiger partial charge in [0.05, 0.1) is 12.5 Å². The van der Waals surface area contributed by atoms with Crippen molar-refractivity contribution in [2.24, 2.45) is 11.8 Å². The molecule has 2 unspecified atom stereocenters. The van der Waals surface area contributed by atoms with Crippen LogP contribution in [0.2, 0.25) is 0 Å². The predicted octanol–water partition coefficient (Wildman–Crippen LogP) is 10.0. The summed E-state index contributed by atoms with van der Waals surface area (Å²) in [4.78, 5) is 12.2. The average Bonchev–Trinajstić information content (AvgIpc) is 2.77. The van der Waals surface area contributed by atoms with Crippen molar-refractivity contribution in [3.8, 4) is 0 Å². The van der Waals surface area contributed by atoms with Crippen LogP contribution in [0, 0.1) is 11.8 Å². The minimum absolute atomic E-state index is 0.0209. The first-order valence-electron chi connectivity index (χ1n) is 14.3. The van der Waals surface area contributed by atoms with Gasteiger partial charge in [-0.25, -0.2) is 0 Å². The Bertz CT molecular complexity index is 366. The van der Waals surface area contributed by atoms with Crippen molar-refractivity contribution in [3.63, 3.8) is 0 Å². The molecule has 0 aliphatic rings. The number of carbonyl (C=O) groups excluding carboxylic acids is 1. The monoisotopic (exact) mass is 438 g/mol. The number of unbranched alkanes of at least 4 members (excludes halogenated alkanes) is 15. The van der Waals surface area contributed by atoms with Crippen molar-refractivity contribution in [3.05, 3.63) is 0 Å². The summed E-state index contributed by atoms with van der Waals surface area (Å²) >= 11 is 0. The van der Waals surface area contributed by atoms with Crippen LogP contribution in [0.3, 0.4) is 0 Å². The molecule has 0 saturated heterocycles. The summed E-state index contributed by atoms with van der Waals surface area (Å²) in [6.07, 6.45) is 27.9. The lowest BCUT2D eigenvalue weighted by molar-refractivity contribution is -0.149. The van der Waals surface area contributed by atoms with Crippen molar-refractivity contribution in [1.29, 1.82) is 0 Å². The fourth-order valence-corrected chi connectivity index (χ4v) is 4.51. The molecule has 0 amide bonds. The van der Waals surface area contributed by atoms with Crippen LogP contribution in [0.5, 0.6) is 0 Å². The summed E-state index contributed by atoms with van der Waals surface area (Å²) < 4.78 is 5.72. The van der Waals surface area contributed by atoms with Gasteiger partial charge in [-0.3, -0.25) is 4.79 Å². The summed E-state index contributed by atoms with van der Waals surface area (Å²) in [6, 6.07) is 0. The molecule has 0 fully saturated rings. The first-order valence-corrected chi connectivity index (χ1v) is 14.3. The fourth-order valence-electron chi connectivity index (χ4n) is 4.51. The number of ether oxygens (including phenoxy) is 1. The molecule has 0 aliphatic heterocycles. The maximum absolute atomic E-state index is 12.2. The lowest BCUT2D eigenvalue weighted by Crippen LogP contribution is -2.19. The minimum Gasteiger partial charge on any atom is -0.465 e. The highest BCUT2D eigenvalue weighted by Gasteiger charge is 2.16. The molecule has 2 atom stereocenters. The largest absolute Gasteiger partial charge is 0.465 e. The van der Waals surface area contributed by atoms with Crippen molar-refractivity contribution in [2.45, 2.75) is 163 Å². The van der Waals surface area contributed by atoms with Crippen molar-refractivity contribution >= 4 is 5.97 Å². The Morgan fingerprint density at radius 3 is 1.32 bits per heavy atom. The van der Waals surface area contributed by atoms with E-state index in [1.807, 2.05) is 6.92 Å². The standard InChI is InChI=1S/C29H58O2/c1-5-8-10-12-13-14-15-16-17-18-20-22-25-28(24-21-19-11-9-6-2)26-31-29(30)27(4)23-7-3/h27-28H,5-26H2,1-4H3. The molecular weight excluding hydrogens is 380 g/mol. The molecule has 0 spiro atoms. The van der Waals surface area contributed by atoms with E-state index in [4.69, 9.17) is 4.74 Å². The first-order chi connectivity index (χ1) is 15.2. The Kier molecular flexibility index (Phi) is 23.7. The summed E-state index contributed by atoms with van der Waals surface area (Å²) in [5.41, 5.74) is 0. The number of hydrogen-bond donors (Lipinski definition) is 0. The molecule has 2 nitrogen and oxygen atoms in total. The minimum atomic E-state index is 0.0209. The highest BCUT2D eigenvalue weighted by Crippen LogP contribution is 2.21. The van der Waals surface area contributed by atoms with Gasteiger partial charge in [0.2, 0.25) is 0 Å². The third kappa shape index (κ3) is 21.1. The molecule has 0 aromatic rings. The molecule has 0 saturated carbocycles. The summed E-state index contributed by atoms with van der Waals surface area (Å²) in [7, 11) is 0. The average molecular weight is 439 g/mol. The summed E-state index contributed by atoms with van der Waals surface area (Å²) in [6.45, 7) is 9.36. The van der Waals surface area contributed by atoms with Crippen LogP contribution < -0.4 is 0 Å². The molecule has 0 aromatic heterocycles. The van der Waals surface area contributed by atoms with E-state index in [0.717, 1.165) is 12.8 Å². The van der Waals surface area contributed by atoms with Gasteiger partial charge in [0, 0.05) is 0 Å². The lowest BCUT2D eigenvalue weighted by atomic mass is 9.94. The van der Waals surface area contributed by atoms with Crippen molar-refractivity contribution in [1.82, 2.24) is 0 Å². The predicted molar refractivity (Wildman–Crippen MR) is 138 cm³/mol. The van der Waals surface area contributed by atoms with Gasteiger partial charge in [-0.05, 0) is 25.2 Å². The normalized spacial score (nSPS) is 13.3. The van der Waals surface area contributed by atoms with Gasteiger partial charge in [-0.2, -0.15) is 0 Å². The maximum Gasteiger partial charge on any atom is 0.308 e. The molecule has 0 N–H and O–H groups in total. The summed E-state index contributed by atoms with van der Waals surface area (Å²) in [5, 5.41) is 0. The van der Waals surface area contributed by atoms with Gasteiger partial charge in [-0.1, -0.05) is 143 Å². The Hall–Kier alpha value is -0.530. The van der Waals surface area contributed by atoms with Gasteiger partial charge in [-0.15, -0.1) is 0 Å². The zero-order valence-corrected chi connectivity index (χ0v) is 22.0. The lowest BCUT2D eigenvalue weighted by Gasteiger charge is -2.18. The molecule has 0 aromatic carbocycles. The van der Waals surface area contributed by atoms with E-state index in [9.17, 15) is 4.79 Å². The third-order valence-corrected chi connectivity index (χ3v) is 6.77. The first kappa shape index (κ1) is 30.5. The Morgan fingerprint density at radius 1 is 0.548 bits per heavy atom. The molecule has 2 heteroatoms. The van der Waals surface area contributed by atoms with Crippen LogP contribution >= 0.6 is 0 Å². The fraction of sp³-hybridized carbons (Fsp3) is 0.966. The Morgan fingerprint density at radius 2 is 0.935 bits per heavy atom. The SMILES string of the molecule is CCCCCCCCCCCCCCC(CCCCCCC)COC(=O)C(C)CCC. The van der Waals surface area contributed by atoms with Crippen LogP contribution in [0.4, 0.5) is 0 Å². The highest BCUT2D eigenvalue weighted by atomic mass is 16.5. The second kappa shape index (κ2) is 24.1. The number of carbonyl (C=O) groups is 1. The smallest absolute Gasteiger partial charge is 0.308 e. The van der Waals surface area contributed by atoms with Gasteiger partial charge in [0.15, 0.2) is 0 Å². The Labute approximate surface area is 196 Å². The van der Waals surface area contributed by atoms with Crippen LogP contribution in [-0.4, -0.2) is 12.6 Å². The maximum atomic E-state index is 12.2. The molecule has 0 rings (SSSR count). The summed E-state index contributed by atoms with van der Waals surface area (Å²) in [5.74, 6) is 0.650. The van der Waals surface area contributed by atoms with Crippen LogP contribution in [0.1, 0.15) is 163 Å². The number of hydrogen-bond acceptors (Lipinski definition) is 2. The van der Waals surface area contributed by atoms with E-state index in [2.05, 4.69) is 20.8 Å². The van der Waals surface area contributed by atoms with E-state index in [1.165, 1.54) is 122 Å². The molecule has 186 valence electrons. The molecular formula is C29H58O2. The zero-order chi connectivity index (χ0) is 23.0. The van der Waals surface area contributed by atoms with E-state index >= 15 is 0 Å². The molecule has 31 heavy (non-hydrogen) atoms. The van der Waals surface area contributed by atoms with Crippen molar-refractivity contribution < 1.29 is 9.53 Å². The van der Waals surface area contributed by atoms with Crippen LogP contribution in [-0.2, 0) is 9.53 Å². The molecule has 0 bridgehead atoms. The molecule has 0 heterocycles. The second-order valence-corrected chi connectivity index (χ2v) is 10.1. The van der Waals surface area contributed by atoms with Gasteiger partial charge < -0.3 is 4.74 Å². The van der Waals surface area contributed by atoms with E-state index in [0.29, 0.717) is 12.5 Å². The quantitative estimate of drug-likeness (QED) is 0.111. The molecule has 0 radical (unpaired) electrons. The third-order valence-electron chi connectivity index (χ3n) is 6.77. The van der Waals surface area contributed by atoms with E-state index in [1.54, 1.807) is 0 Å². The van der Waals surface area contributed by atoms with E-state index in [-0.39, 0.29) is 11.9 Å². The van der Waals surface area contributed by atoms with Gasteiger partial charge >= 0.3 is 5.97 Å². The number of esters is 1. The van der Waals surface area contributed by atoms with Gasteiger partial charge in [0.25, 0.3) is 0 Å². The van der Waals surface area contributed by atoms with Crippen LogP contribution in [0.25, 0.3) is 0 Å². The second-order valence-electron chi connectivity index (χ2n) is 10.1. The zero-order valence-electron chi connectivity index (χ0n) is 22.0. The number of rotatable bonds is 24. The topological polar surface area (TPSA) is 26.3 Å². The van der Waals surface area contributed by atoms with Crippen LogP contribution in [0.15, 0.2) is 0 Å². The molecule has 0 aliphatic carbocycles. The highest BCUT2D eigenvalue weighted by molar-refractivity contribution is 5.71. The van der Waals surface area contributed by atoms with Crippen molar-refractivity contribution in [2.75, 3.05) is 6.61 Å².